The van der Waals surface area contributed by atoms with Gasteiger partial charge in [-0.1, -0.05) is 36.4 Å². The summed E-state index contributed by atoms with van der Waals surface area (Å²) in [6.45, 7) is 2.71. The lowest BCUT2D eigenvalue weighted by Crippen LogP contribution is -2.22. The fourth-order valence-corrected chi connectivity index (χ4v) is 3.46. The molecule has 0 unspecified atom stereocenters. The second-order valence-electron chi connectivity index (χ2n) is 6.46. The van der Waals surface area contributed by atoms with Crippen molar-refractivity contribution in [3.05, 3.63) is 71.0 Å². The average Bonchev–Trinajstić information content (AvgIpc) is 3.00. The van der Waals surface area contributed by atoms with Crippen molar-refractivity contribution in [1.29, 1.82) is 0 Å². The third-order valence-electron chi connectivity index (χ3n) is 4.61. The lowest BCUT2D eigenvalue weighted by molar-refractivity contribution is -0.118. The van der Waals surface area contributed by atoms with E-state index in [1.165, 1.54) is 12.5 Å². The highest BCUT2D eigenvalue weighted by Crippen LogP contribution is 2.37. The summed E-state index contributed by atoms with van der Waals surface area (Å²) >= 11 is 0. The molecule has 1 aliphatic heterocycles. The summed E-state index contributed by atoms with van der Waals surface area (Å²) < 4.78 is 12.0. The molecule has 0 radical (unpaired) electrons. The third-order valence-corrected chi connectivity index (χ3v) is 4.61. The van der Waals surface area contributed by atoms with Gasteiger partial charge in [-0.25, -0.2) is 0 Å². The quantitative estimate of drug-likeness (QED) is 0.756. The van der Waals surface area contributed by atoms with Crippen molar-refractivity contribution in [2.45, 2.75) is 19.8 Å². The Morgan fingerprint density at radius 2 is 2.00 bits per heavy atom. The van der Waals surface area contributed by atoms with Crippen molar-refractivity contribution in [2.75, 3.05) is 13.2 Å². The molecule has 0 aliphatic carbocycles. The van der Waals surface area contributed by atoms with Crippen molar-refractivity contribution >= 4 is 23.0 Å². The van der Waals surface area contributed by atoms with E-state index in [1.54, 1.807) is 0 Å². The Labute approximate surface area is 152 Å². The summed E-state index contributed by atoms with van der Waals surface area (Å²) in [4.78, 5) is 11.3. The van der Waals surface area contributed by atoms with Gasteiger partial charge in [-0.15, -0.1) is 0 Å². The maximum atomic E-state index is 11.3. The van der Waals surface area contributed by atoms with Crippen LogP contribution < -0.4 is 10.1 Å². The number of benzene rings is 2. The second kappa shape index (κ2) is 7.08. The van der Waals surface area contributed by atoms with Gasteiger partial charge in [0.05, 0.1) is 0 Å². The Hall–Kier alpha value is -3.01. The molecule has 132 valence electrons. The van der Waals surface area contributed by atoms with Crippen LogP contribution in [0.2, 0.25) is 0 Å². The van der Waals surface area contributed by atoms with Gasteiger partial charge in [0.15, 0.2) is 0 Å². The SMILES string of the molecule is CC(=O)NCCc1c(Cc2ccccc2)oc2ccc3c(c12)C=CCO3. The molecule has 0 spiro atoms. The van der Waals surface area contributed by atoms with Crippen molar-refractivity contribution < 1.29 is 13.9 Å². The van der Waals surface area contributed by atoms with Crippen LogP contribution in [0.1, 0.15) is 29.4 Å². The van der Waals surface area contributed by atoms with Gasteiger partial charge in [-0.2, -0.15) is 0 Å². The Balaban J connectivity index is 1.79. The molecular weight excluding hydrogens is 326 g/mol. The number of ether oxygens (including phenoxy) is 1. The molecule has 2 aromatic carbocycles. The Kier molecular flexibility index (Phi) is 4.48. The molecule has 1 aliphatic rings. The highest BCUT2D eigenvalue weighted by atomic mass is 16.5. The van der Waals surface area contributed by atoms with Gasteiger partial charge in [-0.05, 0) is 30.2 Å². The Morgan fingerprint density at radius 3 is 2.81 bits per heavy atom. The molecule has 0 atom stereocenters. The van der Waals surface area contributed by atoms with Crippen molar-refractivity contribution in [2.24, 2.45) is 0 Å². The summed E-state index contributed by atoms with van der Waals surface area (Å²) in [5.74, 6) is 1.81. The van der Waals surface area contributed by atoms with E-state index >= 15 is 0 Å². The molecular formula is C22H21NO3. The van der Waals surface area contributed by atoms with Crippen LogP contribution in [0.25, 0.3) is 17.0 Å². The highest BCUT2D eigenvalue weighted by molar-refractivity contribution is 5.94. The first-order chi connectivity index (χ1) is 12.7. The standard InChI is InChI=1S/C22H21NO3/c1-15(24)23-12-11-18-21(14-16-6-3-2-4-7-16)26-20-10-9-19-17(22(18)20)8-5-13-25-19/h2-10H,11-14H2,1H3,(H,23,24). The van der Waals surface area contributed by atoms with Gasteiger partial charge < -0.3 is 14.5 Å². The summed E-state index contributed by atoms with van der Waals surface area (Å²) in [7, 11) is 0. The van der Waals surface area contributed by atoms with Crippen molar-refractivity contribution in [3.63, 3.8) is 0 Å². The molecule has 0 saturated heterocycles. The number of hydrogen-bond donors (Lipinski definition) is 1. The van der Waals surface area contributed by atoms with E-state index in [0.29, 0.717) is 13.2 Å². The first-order valence-corrected chi connectivity index (χ1v) is 8.87. The van der Waals surface area contributed by atoms with Gasteiger partial charge >= 0.3 is 0 Å². The zero-order valence-corrected chi connectivity index (χ0v) is 14.7. The molecule has 0 bridgehead atoms. The minimum atomic E-state index is -0.0207. The van der Waals surface area contributed by atoms with E-state index in [0.717, 1.165) is 46.4 Å². The molecule has 1 amide bonds. The summed E-state index contributed by atoms with van der Waals surface area (Å²) in [5, 5.41) is 3.98. The lowest BCUT2D eigenvalue weighted by atomic mass is 9.98. The Bertz CT molecular complexity index is 970. The fourth-order valence-electron chi connectivity index (χ4n) is 3.46. The molecule has 4 rings (SSSR count). The lowest BCUT2D eigenvalue weighted by Gasteiger charge is -2.13. The molecule has 1 N–H and O–H groups in total. The van der Waals surface area contributed by atoms with Crippen LogP contribution in [-0.4, -0.2) is 19.1 Å². The summed E-state index contributed by atoms with van der Waals surface area (Å²) in [6, 6.07) is 14.2. The predicted molar refractivity (Wildman–Crippen MR) is 102 cm³/mol. The largest absolute Gasteiger partial charge is 0.489 e. The molecule has 4 nitrogen and oxygen atoms in total. The number of furan rings is 1. The molecule has 0 saturated carbocycles. The van der Waals surface area contributed by atoms with Crippen LogP contribution in [0.4, 0.5) is 0 Å². The van der Waals surface area contributed by atoms with Gasteiger partial charge in [0, 0.05) is 36.4 Å². The number of rotatable bonds is 5. The van der Waals surface area contributed by atoms with E-state index in [4.69, 9.17) is 9.15 Å². The van der Waals surface area contributed by atoms with Crippen molar-refractivity contribution in [1.82, 2.24) is 5.32 Å². The third kappa shape index (κ3) is 3.23. The van der Waals surface area contributed by atoms with Crippen LogP contribution in [-0.2, 0) is 17.6 Å². The topological polar surface area (TPSA) is 51.5 Å². The minimum absolute atomic E-state index is 0.0207. The minimum Gasteiger partial charge on any atom is -0.489 e. The van der Waals surface area contributed by atoms with Gasteiger partial charge in [0.2, 0.25) is 5.91 Å². The van der Waals surface area contributed by atoms with Crippen molar-refractivity contribution in [3.8, 4) is 5.75 Å². The van der Waals surface area contributed by atoms with E-state index in [2.05, 4.69) is 23.5 Å². The fraction of sp³-hybridized carbons (Fsp3) is 0.227. The van der Waals surface area contributed by atoms with E-state index < -0.39 is 0 Å². The molecule has 3 aromatic rings. The zero-order chi connectivity index (χ0) is 17.9. The van der Waals surface area contributed by atoms with Crippen LogP contribution in [0.5, 0.6) is 5.75 Å². The van der Waals surface area contributed by atoms with Crippen LogP contribution in [0, 0.1) is 0 Å². The zero-order valence-electron chi connectivity index (χ0n) is 14.7. The Morgan fingerprint density at radius 1 is 1.15 bits per heavy atom. The number of amides is 1. The highest BCUT2D eigenvalue weighted by Gasteiger charge is 2.20. The normalized spacial score (nSPS) is 12.7. The van der Waals surface area contributed by atoms with Crippen LogP contribution in [0.15, 0.2) is 53.0 Å². The van der Waals surface area contributed by atoms with Gasteiger partial charge in [0.25, 0.3) is 0 Å². The summed E-state index contributed by atoms with van der Waals surface area (Å²) in [6.07, 6.45) is 5.57. The van der Waals surface area contributed by atoms with E-state index in [9.17, 15) is 4.79 Å². The monoisotopic (exact) mass is 347 g/mol. The predicted octanol–water partition coefficient (Wildman–Crippen LogP) is 4.11. The molecule has 26 heavy (non-hydrogen) atoms. The number of nitrogens with one attached hydrogen (secondary N) is 1. The number of hydrogen-bond acceptors (Lipinski definition) is 3. The molecule has 2 heterocycles. The van der Waals surface area contributed by atoms with E-state index in [-0.39, 0.29) is 5.91 Å². The second-order valence-corrected chi connectivity index (χ2v) is 6.46. The maximum absolute atomic E-state index is 11.3. The average molecular weight is 347 g/mol. The van der Waals surface area contributed by atoms with Crippen LogP contribution in [0.3, 0.4) is 0 Å². The van der Waals surface area contributed by atoms with Gasteiger partial charge in [0.1, 0.15) is 23.7 Å². The number of carbonyl (C=O) groups is 1. The molecule has 0 fully saturated rings. The molecule has 4 heteroatoms. The first kappa shape index (κ1) is 16.5. The summed E-state index contributed by atoms with van der Waals surface area (Å²) in [5.41, 5.74) is 4.27. The van der Waals surface area contributed by atoms with E-state index in [1.807, 2.05) is 36.4 Å². The maximum Gasteiger partial charge on any atom is 0.216 e. The number of fused-ring (bicyclic) bond motifs is 3. The molecule has 1 aromatic heterocycles. The van der Waals surface area contributed by atoms with Gasteiger partial charge in [-0.3, -0.25) is 4.79 Å². The smallest absolute Gasteiger partial charge is 0.216 e. The number of carbonyl (C=O) groups excluding carboxylic acids is 1. The first-order valence-electron chi connectivity index (χ1n) is 8.87. The van der Waals surface area contributed by atoms with Crippen LogP contribution >= 0.6 is 0 Å².